The number of aromatic carboxylic acids is 2. The summed E-state index contributed by atoms with van der Waals surface area (Å²) in [5.41, 5.74) is 0.399. The van der Waals surface area contributed by atoms with E-state index in [1.807, 2.05) is 0 Å². The molecular weight excluding hydrogens is 224 g/mol. The van der Waals surface area contributed by atoms with E-state index in [1.165, 1.54) is 0 Å². The molecule has 0 spiro atoms. The molecule has 0 saturated heterocycles. The number of hydrogen-bond acceptors (Lipinski definition) is 5. The average Bonchev–Trinajstić information content (AvgIpc) is 2.56. The third kappa shape index (κ3) is 1.55. The highest BCUT2D eigenvalue weighted by Gasteiger charge is 2.30. The molecule has 0 bridgehead atoms. The molecule has 1 aliphatic heterocycles. The minimum atomic E-state index is -1.21. The molecule has 0 unspecified atom stereocenters. The zero-order chi connectivity index (χ0) is 11.0. The molecule has 0 aromatic carbocycles. The first-order valence-corrected chi connectivity index (χ1v) is 4.84. The highest BCUT2D eigenvalue weighted by atomic mass is 32.1. The molecule has 0 saturated carbocycles. The van der Waals surface area contributed by atoms with Crippen molar-refractivity contribution in [2.24, 2.45) is 0 Å². The van der Waals surface area contributed by atoms with E-state index in [-0.39, 0.29) is 22.1 Å². The van der Waals surface area contributed by atoms with Crippen LogP contribution in [-0.2, 0) is 11.3 Å². The van der Waals surface area contributed by atoms with Gasteiger partial charge in [0.1, 0.15) is 4.88 Å². The lowest BCUT2D eigenvalue weighted by Gasteiger charge is -2.12. The van der Waals surface area contributed by atoms with Crippen molar-refractivity contribution < 1.29 is 29.6 Å². The van der Waals surface area contributed by atoms with E-state index in [0.29, 0.717) is 23.3 Å². The van der Waals surface area contributed by atoms with Crippen LogP contribution >= 0.6 is 11.3 Å². The molecule has 7 heteroatoms. The lowest BCUT2D eigenvalue weighted by molar-refractivity contribution is -0.215. The Morgan fingerprint density at radius 1 is 1.20 bits per heavy atom. The first kappa shape index (κ1) is 9.94. The predicted octanol–water partition coefficient (Wildman–Crippen LogP) is 1.01. The highest BCUT2D eigenvalue weighted by molar-refractivity contribution is 7.16. The topological polar surface area (TPSA) is 93.1 Å². The number of carbonyl (C=O) groups is 2. The second-order valence-electron chi connectivity index (χ2n) is 2.83. The molecule has 80 valence electrons. The number of rotatable bonds is 2. The molecule has 6 nitrogen and oxygen atoms in total. The minimum Gasteiger partial charge on any atom is -0.477 e. The van der Waals surface area contributed by atoms with Crippen molar-refractivity contribution in [2.75, 3.05) is 6.61 Å². The number of hydrogen-bond donors (Lipinski definition) is 2. The Kier molecular flexibility index (Phi) is 2.33. The fraction of sp³-hybridized carbons (Fsp3) is 0.250. The number of thiophene rings is 1. The van der Waals surface area contributed by atoms with Gasteiger partial charge in [-0.05, 0) is 0 Å². The van der Waals surface area contributed by atoms with E-state index in [0.717, 1.165) is 0 Å². The van der Waals surface area contributed by atoms with Crippen LogP contribution in [0.15, 0.2) is 0 Å². The van der Waals surface area contributed by atoms with Crippen LogP contribution in [0.25, 0.3) is 0 Å². The zero-order valence-corrected chi connectivity index (χ0v) is 8.17. The Labute approximate surface area is 87.6 Å². The molecule has 2 rings (SSSR count). The van der Waals surface area contributed by atoms with Gasteiger partial charge in [-0.1, -0.05) is 0 Å². The van der Waals surface area contributed by atoms with Crippen molar-refractivity contribution in [2.45, 2.75) is 6.42 Å². The summed E-state index contributed by atoms with van der Waals surface area (Å²) in [5, 5.41) is 17.7. The first-order chi connectivity index (χ1) is 7.11. The van der Waals surface area contributed by atoms with Gasteiger partial charge in [0.05, 0.1) is 6.61 Å². The van der Waals surface area contributed by atoms with Gasteiger partial charge in [0.25, 0.3) is 0 Å². The second-order valence-corrected chi connectivity index (χ2v) is 3.85. The molecule has 1 aromatic rings. The van der Waals surface area contributed by atoms with Gasteiger partial charge >= 0.3 is 11.9 Å². The van der Waals surface area contributed by atoms with Crippen LogP contribution in [-0.4, -0.2) is 28.8 Å². The molecule has 0 amide bonds. The highest BCUT2D eigenvalue weighted by Crippen LogP contribution is 2.38. The maximum atomic E-state index is 10.8. The van der Waals surface area contributed by atoms with Crippen molar-refractivity contribution in [1.82, 2.24) is 0 Å². The average molecular weight is 230 g/mol. The second kappa shape index (κ2) is 3.52. The Morgan fingerprint density at radius 2 is 1.87 bits per heavy atom. The molecule has 2 N–H and O–H groups in total. The zero-order valence-electron chi connectivity index (χ0n) is 7.35. The predicted molar refractivity (Wildman–Crippen MR) is 48.5 cm³/mol. The van der Waals surface area contributed by atoms with Crippen molar-refractivity contribution in [1.29, 1.82) is 0 Å². The molecule has 2 heterocycles. The van der Waals surface area contributed by atoms with Gasteiger partial charge in [0.2, 0.25) is 0 Å². The quantitative estimate of drug-likeness (QED) is 0.736. The van der Waals surface area contributed by atoms with Crippen LogP contribution in [0.1, 0.15) is 24.9 Å². The Hall–Kier alpha value is -1.60. The smallest absolute Gasteiger partial charge is 0.349 e. The van der Waals surface area contributed by atoms with Crippen molar-refractivity contribution >= 4 is 23.3 Å². The lowest BCUT2D eigenvalue weighted by atomic mass is 10.1. The van der Waals surface area contributed by atoms with Crippen LogP contribution in [0.2, 0.25) is 0 Å². The summed E-state index contributed by atoms with van der Waals surface area (Å²) in [6.07, 6.45) is 0.348. The van der Waals surface area contributed by atoms with Crippen molar-refractivity contribution in [3.63, 3.8) is 0 Å². The summed E-state index contributed by atoms with van der Waals surface area (Å²) in [7, 11) is 0. The summed E-state index contributed by atoms with van der Waals surface area (Å²) >= 11 is 0.687. The van der Waals surface area contributed by atoms with E-state index in [9.17, 15) is 9.59 Å². The molecule has 0 aliphatic carbocycles. The minimum absolute atomic E-state index is 0.00528. The molecule has 15 heavy (non-hydrogen) atoms. The third-order valence-electron chi connectivity index (χ3n) is 1.92. The van der Waals surface area contributed by atoms with Crippen molar-refractivity contribution in [3.8, 4) is 5.75 Å². The SMILES string of the molecule is O=C(O)c1sc(C(=O)O)c2c1CCOO2. The monoisotopic (exact) mass is 230 g/mol. The van der Waals surface area contributed by atoms with Gasteiger partial charge in [-0.2, -0.15) is 4.89 Å². The molecule has 0 radical (unpaired) electrons. The van der Waals surface area contributed by atoms with Gasteiger partial charge in [-0.3, -0.25) is 0 Å². The maximum absolute atomic E-state index is 10.8. The number of carboxylic acid groups (broad SMARTS) is 2. The van der Waals surface area contributed by atoms with E-state index in [1.54, 1.807) is 0 Å². The van der Waals surface area contributed by atoms with Gasteiger partial charge in [-0.25, -0.2) is 9.59 Å². The van der Waals surface area contributed by atoms with Crippen molar-refractivity contribution in [3.05, 3.63) is 15.3 Å². The van der Waals surface area contributed by atoms with E-state index < -0.39 is 11.9 Å². The number of carboxylic acids is 2. The Bertz CT molecular complexity index is 396. The number of fused-ring (bicyclic) bond motifs is 1. The molecular formula is C8H6O6S. The summed E-state index contributed by atoms with van der Waals surface area (Å²) in [5.74, 6) is -2.33. The fourth-order valence-corrected chi connectivity index (χ4v) is 2.27. The van der Waals surface area contributed by atoms with Crippen LogP contribution in [0.4, 0.5) is 0 Å². The molecule has 1 aliphatic rings. The summed E-state index contributed by atoms with van der Waals surface area (Å²) < 4.78 is 0. The summed E-state index contributed by atoms with van der Waals surface area (Å²) in [6, 6.07) is 0. The first-order valence-electron chi connectivity index (χ1n) is 4.03. The lowest BCUT2D eigenvalue weighted by Crippen LogP contribution is -2.13. The van der Waals surface area contributed by atoms with Crippen LogP contribution < -0.4 is 4.89 Å². The molecule has 0 fully saturated rings. The normalized spacial score (nSPS) is 14.1. The van der Waals surface area contributed by atoms with Gasteiger partial charge in [-0.15, -0.1) is 11.3 Å². The van der Waals surface area contributed by atoms with E-state index >= 15 is 0 Å². The molecule has 1 aromatic heterocycles. The van der Waals surface area contributed by atoms with E-state index in [2.05, 4.69) is 4.89 Å². The van der Waals surface area contributed by atoms with Gasteiger partial charge in [0, 0.05) is 12.0 Å². The van der Waals surface area contributed by atoms with Crippen LogP contribution in [0.5, 0.6) is 5.75 Å². The Morgan fingerprint density at radius 3 is 2.47 bits per heavy atom. The largest absolute Gasteiger partial charge is 0.477 e. The fourth-order valence-electron chi connectivity index (χ4n) is 1.32. The standard InChI is InChI=1S/C8H6O6S/c9-7(10)5-3-1-2-13-14-4(3)6(15-5)8(11)12/h1-2H2,(H,9,10)(H,11,12). The summed E-state index contributed by atoms with van der Waals surface area (Å²) in [6.45, 7) is 0.225. The summed E-state index contributed by atoms with van der Waals surface area (Å²) in [4.78, 5) is 30.8. The Balaban J connectivity index is 2.59. The van der Waals surface area contributed by atoms with Gasteiger partial charge < -0.3 is 15.1 Å². The molecule has 0 atom stereocenters. The van der Waals surface area contributed by atoms with Crippen LogP contribution in [0, 0.1) is 0 Å². The van der Waals surface area contributed by atoms with Crippen LogP contribution in [0.3, 0.4) is 0 Å². The van der Waals surface area contributed by atoms with Gasteiger partial charge in [0.15, 0.2) is 10.6 Å². The third-order valence-corrected chi connectivity index (χ3v) is 3.11. The maximum Gasteiger partial charge on any atom is 0.349 e. The van der Waals surface area contributed by atoms with E-state index in [4.69, 9.17) is 15.1 Å².